The molecule has 1 aromatic rings. The highest BCUT2D eigenvalue weighted by molar-refractivity contribution is 8.16. The summed E-state index contributed by atoms with van der Waals surface area (Å²) in [6, 6.07) is 7.40. The van der Waals surface area contributed by atoms with E-state index >= 15 is 0 Å². The highest BCUT2D eigenvalue weighted by atomic mass is 32.2. The molecule has 10 heteroatoms. The molecule has 2 atom stereocenters. The van der Waals surface area contributed by atoms with Gasteiger partial charge in [-0.1, -0.05) is 11.8 Å². The summed E-state index contributed by atoms with van der Waals surface area (Å²) in [6.07, 6.45) is 0.203. The fourth-order valence-electron chi connectivity index (χ4n) is 3.33. The van der Waals surface area contributed by atoms with Crippen molar-refractivity contribution < 1.29 is 23.1 Å². The van der Waals surface area contributed by atoms with Gasteiger partial charge in [-0.25, -0.2) is 8.42 Å². The maximum absolute atomic E-state index is 12.2. The van der Waals surface area contributed by atoms with Gasteiger partial charge in [-0.3, -0.25) is 9.59 Å². The summed E-state index contributed by atoms with van der Waals surface area (Å²) in [7, 11) is 0.747. The van der Waals surface area contributed by atoms with Crippen molar-refractivity contribution >= 4 is 50.0 Å². The third-order valence-electron chi connectivity index (χ3n) is 4.71. The predicted molar refractivity (Wildman–Crippen MR) is 111 cm³/mol. The zero-order valence-electron chi connectivity index (χ0n) is 15.7. The number of hydrogen-bond donors (Lipinski definition) is 1. The van der Waals surface area contributed by atoms with Crippen LogP contribution >= 0.6 is 11.8 Å². The van der Waals surface area contributed by atoms with Gasteiger partial charge in [-0.05, 0) is 30.7 Å². The smallest absolute Gasteiger partial charge is 0.303 e. The molecule has 1 amide bonds. The van der Waals surface area contributed by atoms with E-state index in [4.69, 9.17) is 5.11 Å². The van der Waals surface area contributed by atoms with Crippen LogP contribution in [0, 0.1) is 0 Å². The van der Waals surface area contributed by atoms with Crippen LogP contribution in [-0.2, 0) is 19.4 Å². The van der Waals surface area contributed by atoms with Gasteiger partial charge in [0.2, 0.25) is 5.91 Å². The largest absolute Gasteiger partial charge is 0.481 e. The lowest BCUT2D eigenvalue weighted by molar-refractivity contribution is -0.137. The number of nitrogens with zero attached hydrogens (tertiary/aromatic N) is 3. The first-order valence-corrected chi connectivity index (χ1v) is 11.6. The molecule has 3 rings (SSSR count). The number of amides is 1. The first-order valence-electron chi connectivity index (χ1n) is 8.93. The van der Waals surface area contributed by atoms with Crippen molar-refractivity contribution in [2.24, 2.45) is 4.99 Å². The van der Waals surface area contributed by atoms with Crippen LogP contribution in [0.3, 0.4) is 0 Å². The number of thioether (sulfide) groups is 1. The Kier molecular flexibility index (Phi) is 5.99. The molecule has 0 spiro atoms. The molecule has 1 N–H and O–H groups in total. The molecule has 0 saturated carbocycles. The predicted octanol–water partition coefficient (Wildman–Crippen LogP) is 1.61. The summed E-state index contributed by atoms with van der Waals surface area (Å²) in [5, 5.41) is 9.03. The Morgan fingerprint density at radius 3 is 2.50 bits per heavy atom. The van der Waals surface area contributed by atoms with Crippen LogP contribution in [-0.4, -0.2) is 67.5 Å². The molecule has 2 aliphatic heterocycles. The highest BCUT2D eigenvalue weighted by Crippen LogP contribution is 2.41. The second-order valence-corrected chi connectivity index (χ2v) is 10.5. The van der Waals surface area contributed by atoms with E-state index in [0.717, 1.165) is 11.4 Å². The molecular weight excluding hydrogens is 402 g/mol. The minimum Gasteiger partial charge on any atom is -0.481 e. The van der Waals surface area contributed by atoms with Crippen molar-refractivity contribution in [1.82, 2.24) is 0 Å². The van der Waals surface area contributed by atoms with Crippen LogP contribution in [0.15, 0.2) is 29.3 Å². The molecule has 2 saturated heterocycles. The number of carbonyl (C=O) groups excluding carboxylic acids is 1. The van der Waals surface area contributed by atoms with Crippen molar-refractivity contribution in [3.8, 4) is 0 Å². The first kappa shape index (κ1) is 20.7. The molecule has 0 radical (unpaired) electrons. The van der Waals surface area contributed by atoms with E-state index in [1.165, 1.54) is 11.8 Å². The summed E-state index contributed by atoms with van der Waals surface area (Å²) in [5.41, 5.74) is 1.80. The van der Waals surface area contributed by atoms with Crippen molar-refractivity contribution in [3.63, 3.8) is 0 Å². The monoisotopic (exact) mass is 425 g/mol. The summed E-state index contributed by atoms with van der Waals surface area (Å²) in [4.78, 5) is 30.8. The van der Waals surface area contributed by atoms with Gasteiger partial charge in [0.1, 0.15) is 0 Å². The fraction of sp³-hybridized carbons (Fsp3) is 0.500. The van der Waals surface area contributed by atoms with Crippen molar-refractivity contribution in [1.29, 1.82) is 0 Å². The van der Waals surface area contributed by atoms with E-state index in [-0.39, 0.29) is 48.0 Å². The Labute approximate surface area is 168 Å². The molecule has 8 nitrogen and oxygen atoms in total. The molecule has 0 unspecified atom stereocenters. The zero-order valence-corrected chi connectivity index (χ0v) is 17.4. The van der Waals surface area contributed by atoms with Crippen LogP contribution in [0.4, 0.5) is 11.4 Å². The highest BCUT2D eigenvalue weighted by Gasteiger charge is 2.49. The molecule has 0 aromatic heterocycles. The van der Waals surface area contributed by atoms with Crippen LogP contribution in [0.1, 0.15) is 19.3 Å². The van der Waals surface area contributed by atoms with Gasteiger partial charge in [-0.15, -0.1) is 0 Å². The molecule has 2 aliphatic rings. The maximum atomic E-state index is 12.2. The van der Waals surface area contributed by atoms with E-state index in [2.05, 4.69) is 4.99 Å². The SMILES string of the molecule is CN(C)c1ccc(N2C(=NC(=O)CCCC(=O)O)S[C@H]3CS(=O)(=O)C[C@H]32)cc1. The molecular formula is C18H23N3O5S2. The number of carboxylic acids is 1. The number of fused-ring (bicyclic) bond motifs is 1. The van der Waals surface area contributed by atoms with E-state index in [1.807, 2.05) is 48.2 Å². The van der Waals surface area contributed by atoms with Crippen molar-refractivity contribution in [2.45, 2.75) is 30.6 Å². The Morgan fingerprint density at radius 1 is 1.21 bits per heavy atom. The van der Waals surface area contributed by atoms with Gasteiger partial charge in [0.25, 0.3) is 0 Å². The maximum Gasteiger partial charge on any atom is 0.303 e. The molecule has 152 valence electrons. The van der Waals surface area contributed by atoms with Crippen LogP contribution in [0.5, 0.6) is 0 Å². The molecule has 28 heavy (non-hydrogen) atoms. The minimum atomic E-state index is -3.12. The Morgan fingerprint density at radius 2 is 1.89 bits per heavy atom. The van der Waals surface area contributed by atoms with Gasteiger partial charge < -0.3 is 14.9 Å². The van der Waals surface area contributed by atoms with E-state index < -0.39 is 15.8 Å². The number of benzene rings is 1. The number of hydrogen-bond acceptors (Lipinski definition) is 6. The molecule has 0 bridgehead atoms. The summed E-state index contributed by atoms with van der Waals surface area (Å²) in [6.45, 7) is 0. The molecule has 2 fully saturated rings. The standard InChI is InChI=1S/C18H23N3O5S2/c1-20(2)12-6-8-13(9-7-12)21-14-10-28(25,26)11-15(14)27-18(21)19-16(22)4-3-5-17(23)24/h6-9,14-15H,3-5,10-11H2,1-2H3,(H,23,24)/t14-,15+/m1/s1. The van der Waals surface area contributed by atoms with Crippen LogP contribution in [0.25, 0.3) is 0 Å². The number of rotatable bonds is 6. The number of carbonyl (C=O) groups is 2. The molecule has 2 heterocycles. The number of carboxylic acid groups (broad SMARTS) is 1. The summed E-state index contributed by atoms with van der Waals surface area (Å²) < 4.78 is 24.2. The van der Waals surface area contributed by atoms with Gasteiger partial charge in [-0.2, -0.15) is 4.99 Å². The van der Waals surface area contributed by atoms with Gasteiger partial charge in [0.05, 0.1) is 17.5 Å². The Bertz CT molecular complexity index is 896. The quantitative estimate of drug-likeness (QED) is 0.732. The Hall–Kier alpha value is -2.07. The van der Waals surface area contributed by atoms with E-state index in [1.54, 1.807) is 0 Å². The van der Waals surface area contributed by atoms with Crippen LogP contribution < -0.4 is 9.80 Å². The molecule has 1 aromatic carbocycles. The lowest BCUT2D eigenvalue weighted by Gasteiger charge is -2.25. The zero-order chi connectivity index (χ0) is 20.5. The van der Waals surface area contributed by atoms with Crippen molar-refractivity contribution in [3.05, 3.63) is 24.3 Å². The normalized spacial score (nSPS) is 24.4. The fourth-order valence-corrected chi connectivity index (χ4v) is 7.26. The second-order valence-electron chi connectivity index (χ2n) is 7.12. The average molecular weight is 426 g/mol. The number of sulfone groups is 1. The summed E-state index contributed by atoms with van der Waals surface area (Å²) >= 11 is 1.31. The Balaban J connectivity index is 1.85. The number of aliphatic imine (C=N–C) groups is 1. The summed E-state index contributed by atoms with van der Waals surface area (Å²) in [5.74, 6) is -1.23. The van der Waals surface area contributed by atoms with Crippen LogP contribution in [0.2, 0.25) is 0 Å². The average Bonchev–Trinajstić information content (AvgIpc) is 3.05. The number of amidine groups is 1. The van der Waals surface area contributed by atoms with E-state index in [9.17, 15) is 18.0 Å². The minimum absolute atomic E-state index is 0.0341. The van der Waals surface area contributed by atoms with E-state index in [0.29, 0.717) is 5.17 Å². The first-order chi connectivity index (χ1) is 13.2. The number of aliphatic carboxylic acids is 1. The second kappa shape index (κ2) is 8.12. The van der Waals surface area contributed by atoms with Gasteiger partial charge >= 0.3 is 5.97 Å². The van der Waals surface area contributed by atoms with Gasteiger partial charge in [0.15, 0.2) is 15.0 Å². The topological polar surface area (TPSA) is 107 Å². The lowest BCUT2D eigenvalue weighted by atomic mass is 10.2. The van der Waals surface area contributed by atoms with Gasteiger partial charge in [0, 0.05) is 43.6 Å². The molecule has 0 aliphatic carbocycles. The third kappa shape index (κ3) is 4.67. The number of anilines is 2. The lowest BCUT2D eigenvalue weighted by Crippen LogP contribution is -2.37. The van der Waals surface area contributed by atoms with Crippen molar-refractivity contribution in [2.75, 3.05) is 35.4 Å². The third-order valence-corrected chi connectivity index (χ3v) is 7.92.